The summed E-state index contributed by atoms with van der Waals surface area (Å²) in [5.41, 5.74) is 1.45. The summed E-state index contributed by atoms with van der Waals surface area (Å²) in [5, 5.41) is 0. The van der Waals surface area contributed by atoms with Crippen LogP contribution in [0, 0.1) is 0 Å². The predicted octanol–water partition coefficient (Wildman–Crippen LogP) is 1.84. The van der Waals surface area contributed by atoms with Crippen LogP contribution in [-0.4, -0.2) is 19.2 Å². The first-order valence-electron chi connectivity index (χ1n) is 5.77. The third-order valence-electron chi connectivity index (χ3n) is 1.98. The van der Waals surface area contributed by atoms with Crippen molar-refractivity contribution in [2.24, 2.45) is 0 Å². The van der Waals surface area contributed by atoms with Crippen LogP contribution in [-0.2, 0) is 23.1 Å². The van der Waals surface area contributed by atoms with Gasteiger partial charge in [0.05, 0.1) is 6.26 Å². The topological polar surface area (TPSA) is 58.2 Å². The van der Waals surface area contributed by atoms with E-state index < -0.39 is 10.1 Å². The van der Waals surface area contributed by atoms with E-state index in [1.165, 1.54) is 24.8 Å². The van der Waals surface area contributed by atoms with Gasteiger partial charge in [0.2, 0.25) is 0 Å². The van der Waals surface area contributed by atoms with Crippen LogP contribution >= 0.6 is 0 Å². The van der Waals surface area contributed by atoms with Gasteiger partial charge in [-0.05, 0) is 12.0 Å². The van der Waals surface area contributed by atoms with Gasteiger partial charge in [-0.3, -0.25) is 4.55 Å². The average molecular weight is 260 g/mol. The molecule has 0 spiro atoms. The van der Waals surface area contributed by atoms with Gasteiger partial charge in [0, 0.05) is 18.6 Å². The molecule has 0 atom stereocenters. The molecule has 5 heteroatoms. The zero-order valence-corrected chi connectivity index (χ0v) is 11.6. The molecular formula is C12H22NO3S+. The van der Waals surface area contributed by atoms with Gasteiger partial charge in [0.1, 0.15) is 6.54 Å². The third-order valence-corrected chi connectivity index (χ3v) is 1.98. The SMILES string of the molecule is CCCc1cc[n+](CCC)cc1.CS(=O)(=O)O. The van der Waals surface area contributed by atoms with Crippen molar-refractivity contribution in [2.45, 2.75) is 39.7 Å². The lowest BCUT2D eigenvalue weighted by molar-refractivity contribution is -0.697. The van der Waals surface area contributed by atoms with Gasteiger partial charge < -0.3 is 0 Å². The molecule has 1 N–H and O–H groups in total. The molecule has 98 valence electrons. The lowest BCUT2D eigenvalue weighted by Gasteiger charge is -1.96. The standard InChI is InChI=1S/C11H18N.CH4O3S/c1-3-5-11-6-9-12(8-4-2)10-7-11;1-5(2,3)4/h6-7,9-10H,3-5,8H2,1-2H3;1H3,(H,2,3,4)/q+1;. The van der Waals surface area contributed by atoms with Crippen molar-refractivity contribution >= 4 is 10.1 Å². The summed E-state index contributed by atoms with van der Waals surface area (Å²) in [6.07, 6.45) is 8.71. The van der Waals surface area contributed by atoms with Crippen molar-refractivity contribution in [3.05, 3.63) is 30.1 Å². The van der Waals surface area contributed by atoms with Gasteiger partial charge in [0.15, 0.2) is 12.4 Å². The summed E-state index contributed by atoms with van der Waals surface area (Å²) in [7, 11) is -3.67. The Morgan fingerprint density at radius 3 is 2.00 bits per heavy atom. The first-order valence-corrected chi connectivity index (χ1v) is 7.62. The highest BCUT2D eigenvalue weighted by atomic mass is 32.2. The second-order valence-corrected chi connectivity index (χ2v) is 5.39. The largest absolute Gasteiger partial charge is 0.286 e. The fourth-order valence-electron chi connectivity index (χ4n) is 1.35. The maximum Gasteiger partial charge on any atom is 0.261 e. The van der Waals surface area contributed by atoms with Crippen LogP contribution in [0.15, 0.2) is 24.5 Å². The molecule has 17 heavy (non-hydrogen) atoms. The number of nitrogens with zero attached hydrogens (tertiary/aromatic N) is 1. The van der Waals surface area contributed by atoms with E-state index in [0.29, 0.717) is 6.26 Å². The van der Waals surface area contributed by atoms with Crippen molar-refractivity contribution in [3.8, 4) is 0 Å². The Bertz CT molecular complexity index is 365. The molecule has 0 aliphatic carbocycles. The van der Waals surface area contributed by atoms with E-state index in [0.717, 1.165) is 6.54 Å². The lowest BCUT2D eigenvalue weighted by atomic mass is 10.1. The van der Waals surface area contributed by atoms with Crippen LogP contribution in [0.1, 0.15) is 32.3 Å². The van der Waals surface area contributed by atoms with E-state index in [2.05, 4.69) is 42.9 Å². The van der Waals surface area contributed by atoms with Gasteiger partial charge in [-0.25, -0.2) is 4.57 Å². The smallest absolute Gasteiger partial charge is 0.261 e. The maximum absolute atomic E-state index is 9.19. The second-order valence-electron chi connectivity index (χ2n) is 3.93. The van der Waals surface area contributed by atoms with Gasteiger partial charge in [-0.2, -0.15) is 8.42 Å². The molecule has 0 amide bonds. The van der Waals surface area contributed by atoms with Crippen molar-refractivity contribution in [2.75, 3.05) is 6.26 Å². The minimum Gasteiger partial charge on any atom is -0.286 e. The molecule has 0 bridgehead atoms. The van der Waals surface area contributed by atoms with Crippen molar-refractivity contribution in [1.82, 2.24) is 0 Å². The Morgan fingerprint density at radius 2 is 1.65 bits per heavy atom. The number of aromatic nitrogens is 1. The Kier molecular flexibility index (Phi) is 7.74. The average Bonchev–Trinajstić information content (AvgIpc) is 2.19. The van der Waals surface area contributed by atoms with E-state index in [1.54, 1.807) is 0 Å². The van der Waals surface area contributed by atoms with E-state index in [4.69, 9.17) is 4.55 Å². The Balaban J connectivity index is 0.000000437. The van der Waals surface area contributed by atoms with Crippen LogP contribution in [0.4, 0.5) is 0 Å². The van der Waals surface area contributed by atoms with E-state index in [1.807, 2.05) is 0 Å². The molecule has 1 heterocycles. The summed E-state index contributed by atoms with van der Waals surface area (Å²) >= 11 is 0. The summed E-state index contributed by atoms with van der Waals surface area (Å²) in [4.78, 5) is 0. The maximum atomic E-state index is 9.19. The number of hydrogen-bond acceptors (Lipinski definition) is 2. The highest BCUT2D eigenvalue weighted by Crippen LogP contribution is 1.98. The normalized spacial score (nSPS) is 10.6. The molecule has 0 aliphatic rings. The van der Waals surface area contributed by atoms with Crippen molar-refractivity contribution in [1.29, 1.82) is 0 Å². The van der Waals surface area contributed by atoms with Gasteiger partial charge in [-0.15, -0.1) is 0 Å². The minimum atomic E-state index is -3.67. The van der Waals surface area contributed by atoms with Gasteiger partial charge in [-0.1, -0.05) is 20.3 Å². The quantitative estimate of drug-likeness (QED) is 0.664. The molecule has 1 aromatic rings. The van der Waals surface area contributed by atoms with Gasteiger partial charge in [0.25, 0.3) is 10.1 Å². The summed E-state index contributed by atoms with van der Waals surface area (Å²) in [6, 6.07) is 4.44. The van der Waals surface area contributed by atoms with Crippen molar-refractivity contribution < 1.29 is 17.5 Å². The fourth-order valence-corrected chi connectivity index (χ4v) is 1.35. The molecule has 0 aliphatic heterocycles. The zero-order chi connectivity index (χ0) is 13.3. The molecule has 0 saturated carbocycles. The summed E-state index contributed by atoms with van der Waals surface area (Å²) in [5.74, 6) is 0. The summed E-state index contributed by atoms with van der Waals surface area (Å²) in [6.45, 7) is 5.55. The van der Waals surface area contributed by atoms with E-state index in [-0.39, 0.29) is 0 Å². The molecular weight excluding hydrogens is 238 g/mol. The van der Waals surface area contributed by atoms with Crippen LogP contribution < -0.4 is 4.57 Å². The predicted molar refractivity (Wildman–Crippen MR) is 68.4 cm³/mol. The first kappa shape index (κ1) is 16.1. The Hall–Kier alpha value is -0.940. The van der Waals surface area contributed by atoms with E-state index >= 15 is 0 Å². The minimum absolute atomic E-state index is 0.715. The molecule has 0 radical (unpaired) electrons. The second kappa shape index (κ2) is 8.20. The Morgan fingerprint density at radius 1 is 1.18 bits per heavy atom. The van der Waals surface area contributed by atoms with Crippen molar-refractivity contribution in [3.63, 3.8) is 0 Å². The van der Waals surface area contributed by atoms with E-state index in [9.17, 15) is 8.42 Å². The fraction of sp³-hybridized carbons (Fsp3) is 0.583. The highest BCUT2D eigenvalue weighted by Gasteiger charge is 1.97. The van der Waals surface area contributed by atoms with Crippen LogP contribution in [0.3, 0.4) is 0 Å². The molecule has 0 aromatic carbocycles. The van der Waals surface area contributed by atoms with Crippen LogP contribution in [0.25, 0.3) is 0 Å². The number of pyridine rings is 1. The Labute approximate surface area is 104 Å². The molecule has 0 saturated heterocycles. The first-order chi connectivity index (χ1) is 7.86. The molecule has 0 unspecified atom stereocenters. The molecule has 0 fully saturated rings. The molecule has 1 rings (SSSR count). The van der Waals surface area contributed by atoms with Gasteiger partial charge >= 0.3 is 0 Å². The summed E-state index contributed by atoms with van der Waals surface area (Å²) < 4.78 is 28.1. The monoisotopic (exact) mass is 260 g/mol. The van der Waals surface area contributed by atoms with Crippen LogP contribution in [0.2, 0.25) is 0 Å². The lowest BCUT2D eigenvalue weighted by Crippen LogP contribution is -2.32. The zero-order valence-electron chi connectivity index (χ0n) is 10.8. The number of hydrogen-bond donors (Lipinski definition) is 1. The van der Waals surface area contributed by atoms with Crippen LogP contribution in [0.5, 0.6) is 0 Å². The third kappa shape index (κ3) is 11.3. The highest BCUT2D eigenvalue weighted by molar-refractivity contribution is 7.85. The molecule has 1 aromatic heterocycles. The number of rotatable bonds is 4. The molecule has 4 nitrogen and oxygen atoms in total. The number of aryl methyl sites for hydroxylation is 2.